The van der Waals surface area contributed by atoms with Gasteiger partial charge >= 0.3 is 0 Å². The molecule has 1 rings (SSSR count). The van der Waals surface area contributed by atoms with Crippen LogP contribution < -0.4 is 0 Å². The van der Waals surface area contributed by atoms with E-state index in [-0.39, 0.29) is 18.2 Å². The molecule has 0 aliphatic carbocycles. The van der Waals surface area contributed by atoms with Crippen LogP contribution in [0.4, 0.5) is 0 Å². The molecule has 1 atom stereocenters. The smallest absolute Gasteiger partial charge is 0.141 e. The maximum atomic E-state index is 9.60. The molecule has 3 nitrogen and oxygen atoms in total. The van der Waals surface area contributed by atoms with Crippen LogP contribution in [0.1, 0.15) is 29.8 Å². The van der Waals surface area contributed by atoms with E-state index in [4.69, 9.17) is 0 Å². The second-order valence-corrected chi connectivity index (χ2v) is 3.28. The van der Waals surface area contributed by atoms with Gasteiger partial charge in [0.25, 0.3) is 0 Å². The number of aliphatic hydroxyl groups is 1. The lowest BCUT2D eigenvalue weighted by atomic mass is 10.1. The summed E-state index contributed by atoms with van der Waals surface area (Å²) >= 11 is 4.09. The lowest BCUT2D eigenvalue weighted by Crippen LogP contribution is -2.00. The molecule has 0 fully saturated rings. The van der Waals surface area contributed by atoms with E-state index < -0.39 is 6.10 Å². The molecular formula is C9H14ClNO2S. The van der Waals surface area contributed by atoms with Crippen molar-refractivity contribution in [1.29, 1.82) is 0 Å². The maximum absolute atomic E-state index is 9.60. The molecule has 0 saturated carbocycles. The predicted molar refractivity (Wildman–Crippen MR) is 61.2 cm³/mol. The van der Waals surface area contributed by atoms with Crippen LogP contribution in [0.25, 0.3) is 0 Å². The third-order valence-electron chi connectivity index (χ3n) is 1.98. The fourth-order valence-electron chi connectivity index (χ4n) is 1.19. The van der Waals surface area contributed by atoms with Crippen LogP contribution in [-0.4, -0.2) is 15.2 Å². The first kappa shape index (κ1) is 13.6. The molecule has 80 valence electrons. The third kappa shape index (κ3) is 2.53. The molecule has 2 N–H and O–H groups in total. The van der Waals surface area contributed by atoms with Crippen LogP contribution >= 0.6 is 25.0 Å². The van der Waals surface area contributed by atoms with Gasteiger partial charge in [0.05, 0.1) is 11.8 Å². The summed E-state index contributed by atoms with van der Waals surface area (Å²) in [6, 6.07) is 0. The molecular weight excluding hydrogens is 222 g/mol. The molecule has 0 radical (unpaired) electrons. The van der Waals surface area contributed by atoms with E-state index >= 15 is 0 Å². The molecule has 0 amide bonds. The highest BCUT2D eigenvalue weighted by atomic mass is 35.5. The summed E-state index contributed by atoms with van der Waals surface area (Å²) in [5.41, 5.74) is 1.86. The summed E-state index contributed by atoms with van der Waals surface area (Å²) in [5, 5.41) is 19.0. The SMILES string of the molecule is Cc1ncc(C(C)O)c(CS)c1O.Cl. The molecule has 14 heavy (non-hydrogen) atoms. The number of aryl methyl sites for hydroxylation is 1. The van der Waals surface area contributed by atoms with Gasteiger partial charge in [0.1, 0.15) is 5.75 Å². The number of hydrogen-bond donors (Lipinski definition) is 3. The minimum absolute atomic E-state index is 0. The Morgan fingerprint density at radius 3 is 2.57 bits per heavy atom. The minimum Gasteiger partial charge on any atom is -0.506 e. The van der Waals surface area contributed by atoms with E-state index in [2.05, 4.69) is 17.6 Å². The van der Waals surface area contributed by atoms with Gasteiger partial charge in [-0.1, -0.05) is 0 Å². The van der Waals surface area contributed by atoms with Crippen molar-refractivity contribution in [2.75, 3.05) is 0 Å². The standard InChI is InChI=1S/C9H13NO2S.ClH/c1-5-9(12)8(4-13)7(3-10-5)6(2)11;/h3,6,11-13H,4H2,1-2H3;1H. The second kappa shape index (κ2) is 5.44. The monoisotopic (exact) mass is 235 g/mol. The highest BCUT2D eigenvalue weighted by Gasteiger charge is 2.13. The van der Waals surface area contributed by atoms with Crippen molar-refractivity contribution < 1.29 is 10.2 Å². The number of pyridine rings is 1. The number of aromatic hydroxyl groups is 1. The molecule has 0 aromatic carbocycles. The molecule has 0 aliphatic heterocycles. The van der Waals surface area contributed by atoms with Crippen molar-refractivity contribution in [3.8, 4) is 5.75 Å². The number of halogens is 1. The van der Waals surface area contributed by atoms with Crippen molar-refractivity contribution in [1.82, 2.24) is 4.98 Å². The topological polar surface area (TPSA) is 53.4 Å². The zero-order valence-electron chi connectivity index (χ0n) is 8.06. The van der Waals surface area contributed by atoms with Gasteiger partial charge in [-0.25, -0.2) is 0 Å². The Bertz CT molecular complexity index is 318. The van der Waals surface area contributed by atoms with Crippen molar-refractivity contribution >= 4 is 25.0 Å². The van der Waals surface area contributed by atoms with Gasteiger partial charge in [-0.2, -0.15) is 12.6 Å². The fraction of sp³-hybridized carbons (Fsp3) is 0.444. The van der Waals surface area contributed by atoms with E-state index in [1.807, 2.05) is 0 Å². The highest BCUT2D eigenvalue weighted by Crippen LogP contribution is 2.28. The average molecular weight is 236 g/mol. The summed E-state index contributed by atoms with van der Waals surface area (Å²) in [5.74, 6) is 0.531. The molecule has 5 heteroatoms. The first-order valence-corrected chi connectivity index (χ1v) is 4.67. The van der Waals surface area contributed by atoms with Gasteiger partial charge in [0.15, 0.2) is 0 Å². The van der Waals surface area contributed by atoms with Gasteiger partial charge in [-0.15, -0.1) is 12.4 Å². The van der Waals surface area contributed by atoms with Crippen LogP contribution in [0.2, 0.25) is 0 Å². The van der Waals surface area contributed by atoms with E-state index in [1.165, 1.54) is 0 Å². The number of nitrogens with zero attached hydrogens (tertiary/aromatic N) is 1. The molecule has 0 aliphatic rings. The van der Waals surface area contributed by atoms with Crippen LogP contribution in [0.15, 0.2) is 6.20 Å². The molecule has 1 unspecified atom stereocenters. The van der Waals surface area contributed by atoms with Crippen molar-refractivity contribution in [2.24, 2.45) is 0 Å². The Kier molecular flexibility index (Phi) is 5.26. The van der Waals surface area contributed by atoms with E-state index in [1.54, 1.807) is 20.0 Å². The Balaban J connectivity index is 0.00000169. The van der Waals surface area contributed by atoms with Crippen molar-refractivity contribution in [2.45, 2.75) is 25.7 Å². The molecule has 0 spiro atoms. The summed E-state index contributed by atoms with van der Waals surface area (Å²) in [6.07, 6.45) is 0.951. The Morgan fingerprint density at radius 2 is 2.14 bits per heavy atom. The van der Waals surface area contributed by atoms with Crippen LogP contribution in [0.5, 0.6) is 5.75 Å². The van der Waals surface area contributed by atoms with E-state index in [9.17, 15) is 10.2 Å². The van der Waals surface area contributed by atoms with Crippen molar-refractivity contribution in [3.05, 3.63) is 23.0 Å². The minimum atomic E-state index is -0.624. The first-order valence-electron chi connectivity index (χ1n) is 4.04. The number of aliphatic hydroxyl groups excluding tert-OH is 1. The van der Waals surface area contributed by atoms with Gasteiger partial charge in [0, 0.05) is 23.1 Å². The molecule has 0 saturated heterocycles. The Labute approximate surface area is 95.0 Å². The number of rotatable bonds is 2. The Hall–Kier alpha value is -0.450. The normalized spacial score (nSPS) is 12.0. The number of hydrogen-bond acceptors (Lipinski definition) is 4. The lowest BCUT2D eigenvalue weighted by Gasteiger charge is -2.12. The van der Waals surface area contributed by atoms with Crippen molar-refractivity contribution in [3.63, 3.8) is 0 Å². The third-order valence-corrected chi connectivity index (χ3v) is 2.30. The van der Waals surface area contributed by atoms with Crippen LogP contribution in [-0.2, 0) is 5.75 Å². The predicted octanol–water partition coefficient (Wildman–Crippen LogP) is 2.00. The van der Waals surface area contributed by atoms with Gasteiger partial charge in [-0.05, 0) is 13.8 Å². The summed E-state index contributed by atoms with van der Waals surface area (Å²) < 4.78 is 0. The number of thiol groups is 1. The van der Waals surface area contributed by atoms with Crippen LogP contribution in [0.3, 0.4) is 0 Å². The summed E-state index contributed by atoms with van der Waals surface area (Å²) in [7, 11) is 0. The summed E-state index contributed by atoms with van der Waals surface area (Å²) in [4.78, 5) is 3.96. The zero-order valence-corrected chi connectivity index (χ0v) is 9.77. The van der Waals surface area contributed by atoms with Gasteiger partial charge < -0.3 is 10.2 Å². The quantitative estimate of drug-likeness (QED) is 0.688. The molecule has 1 aromatic heterocycles. The van der Waals surface area contributed by atoms with Crippen LogP contribution in [0, 0.1) is 6.92 Å². The molecule has 0 bridgehead atoms. The summed E-state index contributed by atoms with van der Waals surface area (Å²) in [6.45, 7) is 3.35. The number of aromatic nitrogens is 1. The van der Waals surface area contributed by atoms with E-state index in [0.29, 0.717) is 22.6 Å². The maximum Gasteiger partial charge on any atom is 0.141 e. The largest absolute Gasteiger partial charge is 0.506 e. The molecule has 1 heterocycles. The first-order chi connectivity index (χ1) is 6.07. The Morgan fingerprint density at radius 1 is 1.57 bits per heavy atom. The second-order valence-electron chi connectivity index (χ2n) is 2.96. The molecule has 1 aromatic rings. The van der Waals surface area contributed by atoms with Gasteiger partial charge in [0.2, 0.25) is 0 Å². The fourth-order valence-corrected chi connectivity index (χ4v) is 1.52. The van der Waals surface area contributed by atoms with Gasteiger partial charge in [-0.3, -0.25) is 4.98 Å². The highest BCUT2D eigenvalue weighted by molar-refractivity contribution is 7.79. The zero-order chi connectivity index (χ0) is 10.0. The van der Waals surface area contributed by atoms with E-state index in [0.717, 1.165) is 0 Å². The lowest BCUT2D eigenvalue weighted by molar-refractivity contribution is 0.197. The average Bonchev–Trinajstić information content (AvgIpc) is 2.09.